The van der Waals surface area contributed by atoms with E-state index in [1.807, 2.05) is 38.1 Å². The highest BCUT2D eigenvalue weighted by Gasteiger charge is 2.03. The van der Waals surface area contributed by atoms with Crippen LogP contribution < -0.4 is 10.7 Å². The molecule has 4 heteroatoms. The summed E-state index contributed by atoms with van der Waals surface area (Å²) < 4.78 is 0. The van der Waals surface area contributed by atoms with E-state index in [0.29, 0.717) is 11.0 Å². The first-order valence-electron chi connectivity index (χ1n) is 6.21. The zero-order valence-electron chi connectivity index (χ0n) is 11.4. The molecule has 0 fully saturated rings. The van der Waals surface area contributed by atoms with Crippen molar-refractivity contribution in [2.24, 2.45) is 11.0 Å². The van der Waals surface area contributed by atoms with Gasteiger partial charge in [0.05, 0.1) is 0 Å². The van der Waals surface area contributed by atoms with Crippen LogP contribution in [0.25, 0.3) is 0 Å². The fourth-order valence-electron chi connectivity index (χ4n) is 1.41. The molecule has 0 aliphatic carbocycles. The normalized spacial score (nSPS) is 13.0. The molecule has 0 bridgehead atoms. The maximum atomic E-state index is 5.21. The Kier molecular flexibility index (Phi) is 5.78. The summed E-state index contributed by atoms with van der Waals surface area (Å²) in [7, 11) is 0. The summed E-state index contributed by atoms with van der Waals surface area (Å²) in [5, 5.41) is 7.94. The lowest BCUT2D eigenvalue weighted by Crippen LogP contribution is -2.26. The molecule has 3 nitrogen and oxygen atoms in total. The highest BCUT2D eigenvalue weighted by molar-refractivity contribution is 7.80. The summed E-state index contributed by atoms with van der Waals surface area (Å²) >= 11 is 5.21. The molecule has 0 saturated heterocycles. The lowest BCUT2D eigenvalue weighted by atomic mass is 10.1. The van der Waals surface area contributed by atoms with Crippen molar-refractivity contribution >= 4 is 28.7 Å². The number of nitrogens with one attached hydrogen (secondary N) is 2. The van der Waals surface area contributed by atoms with Crippen LogP contribution >= 0.6 is 12.2 Å². The highest BCUT2D eigenvalue weighted by Crippen LogP contribution is 2.12. The first kappa shape index (κ1) is 14.6. The predicted octanol–water partition coefficient (Wildman–Crippen LogP) is 3.70. The summed E-state index contributed by atoms with van der Waals surface area (Å²) in [4.78, 5) is 0. The number of nitrogens with zero attached hydrogens (tertiary/aromatic N) is 1. The average molecular weight is 263 g/mol. The van der Waals surface area contributed by atoms with E-state index in [-0.39, 0.29) is 0 Å². The maximum Gasteiger partial charge on any atom is 0.191 e. The van der Waals surface area contributed by atoms with Crippen LogP contribution in [-0.4, -0.2) is 10.8 Å². The number of para-hydroxylation sites is 1. The van der Waals surface area contributed by atoms with Crippen molar-refractivity contribution in [2.45, 2.75) is 34.1 Å². The predicted molar refractivity (Wildman–Crippen MR) is 83.1 cm³/mol. The Morgan fingerprint density at radius 1 is 1.39 bits per heavy atom. The van der Waals surface area contributed by atoms with Gasteiger partial charge in [0.25, 0.3) is 0 Å². The molecule has 0 amide bonds. The lowest BCUT2D eigenvalue weighted by molar-refractivity contribution is 0.727. The van der Waals surface area contributed by atoms with Crippen molar-refractivity contribution in [3.05, 3.63) is 29.8 Å². The third-order valence-electron chi connectivity index (χ3n) is 3.05. The Morgan fingerprint density at radius 2 is 2.06 bits per heavy atom. The van der Waals surface area contributed by atoms with Gasteiger partial charge >= 0.3 is 0 Å². The van der Waals surface area contributed by atoms with E-state index in [0.717, 1.165) is 23.4 Å². The van der Waals surface area contributed by atoms with Gasteiger partial charge in [-0.2, -0.15) is 5.10 Å². The van der Waals surface area contributed by atoms with Crippen molar-refractivity contribution < 1.29 is 0 Å². The Hall–Kier alpha value is -1.42. The molecule has 0 aliphatic heterocycles. The summed E-state index contributed by atoms with van der Waals surface area (Å²) in [6.45, 7) is 8.35. The molecule has 18 heavy (non-hydrogen) atoms. The van der Waals surface area contributed by atoms with E-state index < -0.39 is 0 Å². The second-order valence-electron chi connectivity index (χ2n) is 4.44. The maximum absolute atomic E-state index is 5.21. The molecule has 1 rings (SSSR count). The smallest absolute Gasteiger partial charge is 0.191 e. The fraction of sp³-hybridized carbons (Fsp3) is 0.429. The average Bonchev–Trinajstić information content (AvgIpc) is 2.37. The van der Waals surface area contributed by atoms with E-state index in [2.05, 4.69) is 29.7 Å². The highest BCUT2D eigenvalue weighted by atomic mass is 32.1. The first-order chi connectivity index (χ1) is 8.54. The van der Waals surface area contributed by atoms with Crippen LogP contribution in [0, 0.1) is 12.8 Å². The summed E-state index contributed by atoms with van der Waals surface area (Å²) in [5.41, 5.74) is 6.11. The van der Waals surface area contributed by atoms with Crippen LogP contribution in [0.3, 0.4) is 0 Å². The summed E-state index contributed by atoms with van der Waals surface area (Å²) in [6, 6.07) is 8.01. The lowest BCUT2D eigenvalue weighted by Gasteiger charge is -2.11. The molecule has 1 atom stereocenters. The van der Waals surface area contributed by atoms with Crippen molar-refractivity contribution in [1.82, 2.24) is 5.43 Å². The van der Waals surface area contributed by atoms with E-state index in [4.69, 9.17) is 12.2 Å². The topological polar surface area (TPSA) is 36.4 Å². The van der Waals surface area contributed by atoms with Crippen LogP contribution in [0.4, 0.5) is 5.69 Å². The minimum Gasteiger partial charge on any atom is -0.331 e. The summed E-state index contributed by atoms with van der Waals surface area (Å²) in [6.07, 6.45) is 1.08. The quantitative estimate of drug-likeness (QED) is 0.494. The Labute approximate surface area is 115 Å². The Balaban J connectivity index is 2.55. The number of thiocarbonyl (C=S) groups is 1. The number of hydrogen-bond acceptors (Lipinski definition) is 2. The van der Waals surface area contributed by atoms with Crippen molar-refractivity contribution in [3.8, 4) is 0 Å². The number of benzene rings is 1. The van der Waals surface area contributed by atoms with Gasteiger partial charge in [-0.1, -0.05) is 32.0 Å². The molecule has 1 aromatic rings. The van der Waals surface area contributed by atoms with Crippen molar-refractivity contribution in [3.63, 3.8) is 0 Å². The third kappa shape index (κ3) is 4.45. The molecule has 0 radical (unpaired) electrons. The van der Waals surface area contributed by atoms with Crippen molar-refractivity contribution in [2.75, 3.05) is 5.32 Å². The molecular weight excluding hydrogens is 242 g/mol. The molecule has 0 saturated carbocycles. The van der Waals surface area contributed by atoms with Gasteiger partial charge < -0.3 is 5.32 Å². The molecule has 0 spiro atoms. The Bertz CT molecular complexity index is 440. The SMILES string of the molecule is CC[C@@H](C)/C(C)=N\NC(=S)Nc1ccccc1C. The van der Waals surface area contributed by atoms with Crippen LogP contribution in [0.15, 0.2) is 29.4 Å². The van der Waals surface area contributed by atoms with Gasteiger partial charge in [0, 0.05) is 11.4 Å². The van der Waals surface area contributed by atoms with E-state index in [9.17, 15) is 0 Å². The van der Waals surface area contributed by atoms with Gasteiger partial charge in [-0.15, -0.1) is 0 Å². The zero-order chi connectivity index (χ0) is 13.5. The number of hydrogen-bond donors (Lipinski definition) is 2. The minimum absolute atomic E-state index is 0.471. The van der Waals surface area contributed by atoms with Crippen LogP contribution in [-0.2, 0) is 0 Å². The van der Waals surface area contributed by atoms with E-state index in [1.165, 1.54) is 0 Å². The Morgan fingerprint density at radius 3 is 2.67 bits per heavy atom. The molecule has 2 N–H and O–H groups in total. The van der Waals surface area contributed by atoms with Crippen molar-refractivity contribution in [1.29, 1.82) is 0 Å². The zero-order valence-corrected chi connectivity index (χ0v) is 12.3. The number of anilines is 1. The molecule has 0 heterocycles. The van der Waals surface area contributed by atoms with Gasteiger partial charge in [-0.3, -0.25) is 5.43 Å². The fourth-order valence-corrected chi connectivity index (χ4v) is 1.56. The van der Waals surface area contributed by atoms with Gasteiger partial charge in [0.1, 0.15) is 0 Å². The van der Waals surface area contributed by atoms with E-state index in [1.54, 1.807) is 0 Å². The van der Waals surface area contributed by atoms with Gasteiger partial charge in [-0.25, -0.2) is 0 Å². The van der Waals surface area contributed by atoms with Crippen LogP contribution in [0.2, 0.25) is 0 Å². The van der Waals surface area contributed by atoms with Gasteiger partial charge in [-0.05, 0) is 50.0 Å². The number of hydrazone groups is 1. The summed E-state index contributed by atoms with van der Waals surface area (Å²) in [5.74, 6) is 0.471. The van der Waals surface area contributed by atoms with Crippen LogP contribution in [0.1, 0.15) is 32.8 Å². The van der Waals surface area contributed by atoms with Gasteiger partial charge in [0.15, 0.2) is 5.11 Å². The molecule has 98 valence electrons. The number of rotatable bonds is 4. The third-order valence-corrected chi connectivity index (χ3v) is 3.25. The van der Waals surface area contributed by atoms with E-state index >= 15 is 0 Å². The van der Waals surface area contributed by atoms with Crippen LogP contribution in [0.5, 0.6) is 0 Å². The second kappa shape index (κ2) is 7.11. The molecule has 0 aromatic heterocycles. The first-order valence-corrected chi connectivity index (χ1v) is 6.62. The standard InChI is InChI=1S/C14H21N3S/c1-5-10(2)12(4)16-17-14(18)15-13-9-7-6-8-11(13)3/h6-10H,5H2,1-4H3,(H2,15,17,18)/b16-12-/t10-/m1/s1. The molecule has 1 aromatic carbocycles. The molecule has 0 aliphatic rings. The number of aryl methyl sites for hydroxylation is 1. The largest absolute Gasteiger partial charge is 0.331 e. The monoisotopic (exact) mass is 263 g/mol. The molecular formula is C14H21N3S. The minimum atomic E-state index is 0.471. The molecule has 0 unspecified atom stereocenters. The van der Waals surface area contributed by atoms with Gasteiger partial charge in [0.2, 0.25) is 0 Å². The second-order valence-corrected chi connectivity index (χ2v) is 4.85.